The number of carbonyl (C=O) groups is 2. The number of imidazole rings is 1. The largest absolute Gasteiger partial charge is 0.368 e. The van der Waals surface area contributed by atoms with Gasteiger partial charge in [0.25, 0.3) is 11.8 Å². The topological polar surface area (TPSA) is 79.3 Å². The Balaban J connectivity index is 1.50. The summed E-state index contributed by atoms with van der Waals surface area (Å²) in [5.74, 6) is -1.29. The maximum Gasteiger partial charge on any atom is 0.257 e. The first-order valence-electron chi connectivity index (χ1n) is 13.8. The van der Waals surface area contributed by atoms with Crippen molar-refractivity contribution in [2.24, 2.45) is 7.05 Å². The minimum absolute atomic E-state index is 0.00419. The molecule has 44 heavy (non-hydrogen) atoms. The third kappa shape index (κ3) is 6.62. The fourth-order valence-corrected chi connectivity index (χ4v) is 5.83. The van der Waals surface area contributed by atoms with Crippen LogP contribution in [0.3, 0.4) is 0 Å². The Bertz CT molecular complexity index is 1770. The van der Waals surface area contributed by atoms with Crippen LogP contribution in [0.5, 0.6) is 0 Å². The van der Waals surface area contributed by atoms with Crippen LogP contribution in [0.15, 0.2) is 42.5 Å². The Labute approximate surface area is 267 Å². The second-order valence-corrected chi connectivity index (χ2v) is 12.4. The molecule has 13 heteroatoms. The quantitative estimate of drug-likeness (QED) is 0.205. The molecular formula is C31H29Cl3F3N5O2. The molecule has 0 bridgehead atoms. The van der Waals surface area contributed by atoms with Gasteiger partial charge in [0, 0.05) is 43.8 Å². The van der Waals surface area contributed by atoms with Crippen LogP contribution in [0, 0.1) is 5.82 Å². The Kier molecular flexibility index (Phi) is 9.07. The fourth-order valence-electron chi connectivity index (χ4n) is 5.08. The molecule has 1 atom stereocenters. The van der Waals surface area contributed by atoms with E-state index in [2.05, 4.69) is 10.6 Å². The lowest BCUT2D eigenvalue weighted by Crippen LogP contribution is -2.38. The summed E-state index contributed by atoms with van der Waals surface area (Å²) >= 11 is 19.1. The van der Waals surface area contributed by atoms with Crippen LogP contribution in [0.4, 0.5) is 24.5 Å². The highest BCUT2D eigenvalue weighted by molar-refractivity contribution is 6.36. The average Bonchev–Trinajstić information content (AvgIpc) is 3.53. The van der Waals surface area contributed by atoms with E-state index in [1.54, 1.807) is 24.3 Å². The van der Waals surface area contributed by atoms with Crippen molar-refractivity contribution in [2.75, 3.05) is 23.3 Å². The lowest BCUT2D eigenvalue weighted by molar-refractivity contribution is -0.130. The van der Waals surface area contributed by atoms with E-state index in [0.717, 1.165) is 6.07 Å². The maximum absolute atomic E-state index is 14.2. The number of nitrogens with one attached hydrogen (secondary N) is 2. The number of hydrogen-bond acceptors (Lipinski definition) is 4. The summed E-state index contributed by atoms with van der Waals surface area (Å²) in [6.07, 6.45) is -0.489. The lowest BCUT2D eigenvalue weighted by Gasteiger charge is -2.21. The highest BCUT2D eigenvalue weighted by Crippen LogP contribution is 2.34. The zero-order valence-electron chi connectivity index (χ0n) is 24.1. The third-order valence-electron chi connectivity index (χ3n) is 7.56. The summed E-state index contributed by atoms with van der Waals surface area (Å²) in [5, 5.41) is 5.84. The van der Waals surface area contributed by atoms with Crippen LogP contribution in [0.25, 0.3) is 11.0 Å². The van der Waals surface area contributed by atoms with Gasteiger partial charge in [-0.3, -0.25) is 9.59 Å². The molecule has 2 heterocycles. The van der Waals surface area contributed by atoms with Crippen molar-refractivity contribution in [3.63, 3.8) is 0 Å². The summed E-state index contributed by atoms with van der Waals surface area (Å²) < 4.78 is 43.8. The van der Waals surface area contributed by atoms with Gasteiger partial charge in [-0.1, -0.05) is 40.9 Å². The molecule has 5 rings (SSSR count). The van der Waals surface area contributed by atoms with Gasteiger partial charge in [0.15, 0.2) is 5.67 Å². The molecule has 1 saturated heterocycles. The van der Waals surface area contributed by atoms with E-state index < -0.39 is 29.5 Å². The first kappa shape index (κ1) is 31.9. The number of aromatic nitrogens is 2. The molecule has 232 valence electrons. The maximum atomic E-state index is 14.2. The summed E-state index contributed by atoms with van der Waals surface area (Å²) in [4.78, 5) is 32.1. The van der Waals surface area contributed by atoms with Gasteiger partial charge in [-0.25, -0.2) is 18.2 Å². The van der Waals surface area contributed by atoms with Crippen LogP contribution in [-0.2, 0) is 24.8 Å². The normalized spacial score (nSPS) is 15.2. The Morgan fingerprint density at radius 2 is 1.84 bits per heavy atom. The molecule has 1 fully saturated rings. The molecule has 1 aliphatic rings. The van der Waals surface area contributed by atoms with Gasteiger partial charge in [-0.2, -0.15) is 0 Å². The highest BCUT2D eigenvalue weighted by Gasteiger charge is 2.28. The zero-order chi connectivity index (χ0) is 31.9. The van der Waals surface area contributed by atoms with Gasteiger partial charge >= 0.3 is 0 Å². The molecule has 1 aliphatic heterocycles. The number of anilines is 2. The number of halogens is 6. The van der Waals surface area contributed by atoms with E-state index in [4.69, 9.17) is 39.8 Å². The Morgan fingerprint density at radius 3 is 2.50 bits per heavy atom. The van der Waals surface area contributed by atoms with E-state index >= 15 is 0 Å². The van der Waals surface area contributed by atoms with Gasteiger partial charge in [0.1, 0.15) is 17.8 Å². The second kappa shape index (κ2) is 12.5. The minimum atomic E-state index is -2.05. The first-order chi connectivity index (χ1) is 20.7. The smallest absolute Gasteiger partial charge is 0.257 e. The first-order valence-corrected chi connectivity index (χ1v) is 14.9. The van der Waals surface area contributed by atoms with Gasteiger partial charge in [-0.15, -0.1) is 0 Å². The lowest BCUT2D eigenvalue weighted by atomic mass is 10.1. The van der Waals surface area contributed by atoms with Crippen molar-refractivity contribution < 1.29 is 22.8 Å². The molecule has 4 aromatic rings. The minimum Gasteiger partial charge on any atom is -0.368 e. The number of amides is 2. The van der Waals surface area contributed by atoms with Crippen LogP contribution in [0.2, 0.25) is 15.1 Å². The Hall–Kier alpha value is -3.47. The molecule has 2 amide bonds. The molecular weight excluding hydrogens is 638 g/mol. The summed E-state index contributed by atoms with van der Waals surface area (Å²) in [6, 6.07) is 10.6. The van der Waals surface area contributed by atoms with Crippen LogP contribution in [0.1, 0.15) is 47.6 Å². The summed E-state index contributed by atoms with van der Waals surface area (Å²) in [6.45, 7) is 2.90. The summed E-state index contributed by atoms with van der Waals surface area (Å²) in [7, 11) is 1.81. The number of alkyl halides is 2. The number of aryl methyl sites for hydroxylation is 1. The number of fused-ring (bicyclic) bond motifs is 1. The monoisotopic (exact) mass is 665 g/mol. The van der Waals surface area contributed by atoms with Crippen molar-refractivity contribution in [1.29, 1.82) is 0 Å². The third-order valence-corrected chi connectivity index (χ3v) is 8.68. The molecule has 2 N–H and O–H groups in total. The van der Waals surface area contributed by atoms with Gasteiger partial charge in [0.05, 0.1) is 32.3 Å². The van der Waals surface area contributed by atoms with E-state index in [0.29, 0.717) is 62.4 Å². The van der Waals surface area contributed by atoms with Gasteiger partial charge in [0.2, 0.25) is 0 Å². The molecule has 1 aromatic heterocycles. The van der Waals surface area contributed by atoms with Crippen LogP contribution < -0.4 is 15.5 Å². The standard InChI is InChI=1S/C31H29Cl3F3N5O2/c1-31(2,37)30(44)38-14-16-4-6-21(32)19(28(16)34)12-27-40-24-11-20(29(43)39-18-5-7-23(36)22(33)10-18)25(13-26(24)41(27)3)42-9-8-17(35)15-42/h4-7,10-11,13,17H,8-9,12,14-15H2,1-3H3,(H,38,44)(H,39,43)/t17-/m1/s1. The van der Waals surface area contributed by atoms with Crippen molar-refractivity contribution in [3.05, 3.63) is 85.9 Å². The predicted octanol–water partition coefficient (Wildman–Crippen LogP) is 7.43. The van der Waals surface area contributed by atoms with E-state index in [1.807, 2.05) is 16.5 Å². The predicted molar refractivity (Wildman–Crippen MR) is 168 cm³/mol. The molecule has 0 saturated carbocycles. The van der Waals surface area contributed by atoms with E-state index in [9.17, 15) is 22.8 Å². The second-order valence-electron chi connectivity index (χ2n) is 11.2. The van der Waals surface area contributed by atoms with Crippen molar-refractivity contribution >= 4 is 69.0 Å². The number of nitrogens with zero attached hydrogens (tertiary/aromatic N) is 3. The van der Waals surface area contributed by atoms with E-state index in [-0.39, 0.29) is 30.1 Å². The average molecular weight is 667 g/mol. The SMILES string of the molecule is Cn1c(Cc2c(Cl)ccc(CNC(=O)C(C)(C)F)c2Cl)nc2cc(C(=O)Nc3ccc(F)c(Cl)c3)c(N3CC[C@@H](F)C3)cc21. The van der Waals surface area contributed by atoms with Gasteiger partial charge < -0.3 is 20.1 Å². The number of hydrogen-bond donors (Lipinski definition) is 2. The molecule has 0 unspecified atom stereocenters. The van der Waals surface area contributed by atoms with Crippen molar-refractivity contribution in [3.8, 4) is 0 Å². The van der Waals surface area contributed by atoms with Crippen molar-refractivity contribution in [1.82, 2.24) is 14.9 Å². The zero-order valence-corrected chi connectivity index (χ0v) is 26.3. The Morgan fingerprint density at radius 1 is 1.09 bits per heavy atom. The fraction of sp³-hybridized carbons (Fsp3) is 0.323. The van der Waals surface area contributed by atoms with E-state index in [1.165, 1.54) is 26.0 Å². The van der Waals surface area contributed by atoms with Crippen LogP contribution >= 0.6 is 34.8 Å². The molecule has 0 radical (unpaired) electrons. The molecule has 0 aliphatic carbocycles. The number of benzene rings is 3. The van der Waals surface area contributed by atoms with Gasteiger partial charge in [-0.05, 0) is 67.8 Å². The summed E-state index contributed by atoms with van der Waals surface area (Å²) in [5.41, 5.74) is 1.36. The van der Waals surface area contributed by atoms with Crippen molar-refractivity contribution in [2.45, 2.75) is 45.1 Å². The molecule has 7 nitrogen and oxygen atoms in total. The van der Waals surface area contributed by atoms with Crippen LogP contribution in [-0.4, -0.2) is 46.3 Å². The molecule has 0 spiro atoms. The molecule has 3 aromatic carbocycles. The number of rotatable bonds is 8. The number of carbonyl (C=O) groups excluding carboxylic acids is 2. The highest BCUT2D eigenvalue weighted by atomic mass is 35.5.